The molecular formula is C17H20O3. The van der Waals surface area contributed by atoms with E-state index in [0.29, 0.717) is 0 Å². The number of fused-ring (bicyclic) bond motifs is 1. The van der Waals surface area contributed by atoms with E-state index in [2.05, 4.69) is 0 Å². The van der Waals surface area contributed by atoms with E-state index in [1.165, 1.54) is 0 Å². The Hall–Kier alpha value is -2.03. The van der Waals surface area contributed by atoms with Crippen molar-refractivity contribution >= 4 is 16.7 Å². The maximum Gasteiger partial charge on any atom is 0.311 e. The number of aromatic hydroxyl groups is 1. The minimum atomic E-state index is -0.466. The Kier molecular flexibility index (Phi) is 3.98. The number of hydrogen-bond acceptors (Lipinski definition) is 3. The zero-order valence-electron chi connectivity index (χ0n) is 12.1. The van der Waals surface area contributed by atoms with E-state index >= 15 is 0 Å². The Labute approximate surface area is 119 Å². The van der Waals surface area contributed by atoms with Crippen LogP contribution in [0.3, 0.4) is 0 Å². The van der Waals surface area contributed by atoms with Crippen LogP contribution in [0.25, 0.3) is 10.8 Å². The number of hydrogen-bond donors (Lipinski definition) is 1. The summed E-state index contributed by atoms with van der Waals surface area (Å²) in [5, 5.41) is 11.5. The second-order valence-electron chi connectivity index (χ2n) is 5.60. The van der Waals surface area contributed by atoms with Gasteiger partial charge in [-0.3, -0.25) is 4.79 Å². The Morgan fingerprint density at radius 3 is 2.50 bits per heavy atom. The largest absolute Gasteiger partial charge is 0.507 e. The van der Waals surface area contributed by atoms with Gasteiger partial charge in [0.15, 0.2) is 0 Å². The monoisotopic (exact) mass is 272 g/mol. The predicted octanol–water partition coefficient (Wildman–Crippen LogP) is 4.02. The summed E-state index contributed by atoms with van der Waals surface area (Å²) in [7, 11) is 0. The lowest BCUT2D eigenvalue weighted by Gasteiger charge is -2.20. The van der Waals surface area contributed by atoms with Gasteiger partial charge in [0.25, 0.3) is 0 Å². The molecule has 20 heavy (non-hydrogen) atoms. The fourth-order valence-corrected chi connectivity index (χ4v) is 1.97. The fraction of sp³-hybridized carbons (Fsp3) is 0.353. The molecule has 0 aliphatic carbocycles. The van der Waals surface area contributed by atoms with Gasteiger partial charge in [-0.15, -0.1) is 0 Å². The van der Waals surface area contributed by atoms with Gasteiger partial charge in [0, 0.05) is 5.39 Å². The molecule has 0 radical (unpaired) electrons. The minimum absolute atomic E-state index is 0.197. The van der Waals surface area contributed by atoms with Crippen molar-refractivity contribution in [1.82, 2.24) is 0 Å². The van der Waals surface area contributed by atoms with Gasteiger partial charge in [0.2, 0.25) is 0 Å². The molecule has 0 spiro atoms. The van der Waals surface area contributed by atoms with Crippen LogP contribution in [0, 0.1) is 5.41 Å². The molecule has 3 nitrogen and oxygen atoms in total. The summed E-state index contributed by atoms with van der Waals surface area (Å²) in [6.07, 6.45) is 0.738. The molecule has 0 amide bonds. The van der Waals surface area contributed by atoms with E-state index in [4.69, 9.17) is 4.74 Å². The molecule has 1 N–H and O–H groups in total. The third kappa shape index (κ3) is 2.77. The summed E-state index contributed by atoms with van der Waals surface area (Å²) in [4.78, 5) is 12.0. The van der Waals surface area contributed by atoms with Crippen LogP contribution in [0.15, 0.2) is 36.4 Å². The van der Waals surface area contributed by atoms with Crippen molar-refractivity contribution in [2.24, 2.45) is 5.41 Å². The number of phenolic OH excluding ortho intramolecular Hbond substituents is 1. The van der Waals surface area contributed by atoms with Crippen LogP contribution in [0.5, 0.6) is 5.75 Å². The molecule has 0 fully saturated rings. The molecular weight excluding hydrogens is 252 g/mol. The van der Waals surface area contributed by atoms with Crippen molar-refractivity contribution in [1.29, 1.82) is 0 Å². The number of rotatable bonds is 4. The Balaban J connectivity index is 2.23. The number of benzene rings is 2. The summed E-state index contributed by atoms with van der Waals surface area (Å²) in [6, 6.07) is 11.0. The van der Waals surface area contributed by atoms with Gasteiger partial charge in [-0.05, 0) is 37.3 Å². The van der Waals surface area contributed by atoms with E-state index in [0.717, 1.165) is 22.8 Å². The second-order valence-corrected chi connectivity index (χ2v) is 5.60. The molecule has 0 saturated carbocycles. The summed E-state index contributed by atoms with van der Waals surface area (Å²) >= 11 is 0. The first-order valence-corrected chi connectivity index (χ1v) is 6.82. The highest BCUT2D eigenvalue weighted by Crippen LogP contribution is 2.28. The predicted molar refractivity (Wildman–Crippen MR) is 79.5 cm³/mol. The maximum atomic E-state index is 12.0. The molecule has 0 atom stereocenters. The molecule has 2 aromatic rings. The fourth-order valence-electron chi connectivity index (χ4n) is 1.97. The lowest BCUT2D eigenvalue weighted by molar-refractivity contribution is -0.155. The van der Waals surface area contributed by atoms with Gasteiger partial charge in [-0.2, -0.15) is 0 Å². The van der Waals surface area contributed by atoms with Crippen molar-refractivity contribution in [3.8, 4) is 5.75 Å². The zero-order chi connectivity index (χ0) is 14.8. The second kappa shape index (κ2) is 5.53. The van der Waals surface area contributed by atoms with Gasteiger partial charge < -0.3 is 9.84 Å². The highest BCUT2D eigenvalue weighted by atomic mass is 16.5. The first kappa shape index (κ1) is 14.4. The normalized spacial score (nSPS) is 11.6. The first-order chi connectivity index (χ1) is 9.45. The van der Waals surface area contributed by atoms with Crippen molar-refractivity contribution in [3.63, 3.8) is 0 Å². The lowest BCUT2D eigenvalue weighted by Crippen LogP contribution is -2.25. The van der Waals surface area contributed by atoms with E-state index < -0.39 is 5.41 Å². The van der Waals surface area contributed by atoms with Crippen molar-refractivity contribution in [3.05, 3.63) is 42.0 Å². The van der Waals surface area contributed by atoms with Gasteiger partial charge in [-0.25, -0.2) is 0 Å². The minimum Gasteiger partial charge on any atom is -0.507 e. The van der Waals surface area contributed by atoms with E-state index in [-0.39, 0.29) is 18.3 Å². The summed E-state index contributed by atoms with van der Waals surface area (Å²) in [5.41, 5.74) is 0.436. The molecule has 0 aliphatic rings. The standard InChI is InChI=1S/C17H20O3/c1-4-17(2,3)16(19)20-11-12-7-5-9-14-13(12)8-6-10-15(14)18/h5-10,18H,4,11H2,1-3H3. The van der Waals surface area contributed by atoms with Crippen LogP contribution in [0.2, 0.25) is 0 Å². The quantitative estimate of drug-likeness (QED) is 0.855. The Morgan fingerprint density at radius 1 is 1.15 bits per heavy atom. The SMILES string of the molecule is CCC(C)(C)C(=O)OCc1cccc2c(O)cccc12. The molecule has 0 unspecified atom stereocenters. The van der Waals surface area contributed by atoms with Gasteiger partial charge in [-0.1, -0.05) is 37.3 Å². The smallest absolute Gasteiger partial charge is 0.311 e. The van der Waals surface area contributed by atoms with Gasteiger partial charge in [0.1, 0.15) is 12.4 Å². The summed E-state index contributed by atoms with van der Waals surface area (Å²) < 4.78 is 5.41. The van der Waals surface area contributed by atoms with Crippen LogP contribution in [-0.4, -0.2) is 11.1 Å². The average molecular weight is 272 g/mol. The molecule has 0 saturated heterocycles. The molecule has 0 bridgehead atoms. The van der Waals surface area contributed by atoms with Crippen LogP contribution >= 0.6 is 0 Å². The van der Waals surface area contributed by atoms with Gasteiger partial charge >= 0.3 is 5.97 Å². The van der Waals surface area contributed by atoms with Crippen LogP contribution in [0.1, 0.15) is 32.8 Å². The zero-order valence-corrected chi connectivity index (χ0v) is 12.1. The van der Waals surface area contributed by atoms with Crippen LogP contribution in [-0.2, 0) is 16.1 Å². The highest BCUT2D eigenvalue weighted by Gasteiger charge is 2.27. The van der Waals surface area contributed by atoms with Gasteiger partial charge in [0.05, 0.1) is 5.41 Å². The first-order valence-electron chi connectivity index (χ1n) is 6.82. The molecule has 0 aromatic heterocycles. The third-order valence-corrected chi connectivity index (χ3v) is 3.78. The van der Waals surface area contributed by atoms with E-state index in [1.54, 1.807) is 12.1 Å². The molecule has 2 rings (SSSR count). The molecule has 3 heteroatoms. The molecule has 0 aliphatic heterocycles. The number of carbonyl (C=O) groups is 1. The van der Waals surface area contributed by atoms with E-state index in [1.807, 2.05) is 45.0 Å². The molecule has 106 valence electrons. The Bertz CT molecular complexity index is 629. The number of carbonyl (C=O) groups excluding carboxylic acids is 1. The van der Waals surface area contributed by atoms with E-state index in [9.17, 15) is 9.90 Å². The summed E-state index contributed by atoms with van der Waals surface area (Å²) in [5.74, 6) is 0.0433. The molecule has 2 aromatic carbocycles. The van der Waals surface area contributed by atoms with Crippen molar-refractivity contribution < 1.29 is 14.6 Å². The van der Waals surface area contributed by atoms with Crippen molar-refractivity contribution in [2.75, 3.05) is 0 Å². The third-order valence-electron chi connectivity index (χ3n) is 3.78. The number of esters is 1. The Morgan fingerprint density at radius 2 is 1.80 bits per heavy atom. The van der Waals surface area contributed by atoms with Crippen LogP contribution < -0.4 is 0 Å². The highest BCUT2D eigenvalue weighted by molar-refractivity contribution is 5.90. The van der Waals surface area contributed by atoms with Crippen molar-refractivity contribution in [2.45, 2.75) is 33.8 Å². The average Bonchev–Trinajstić information content (AvgIpc) is 2.45. The number of ether oxygens (including phenoxy) is 1. The molecule has 0 heterocycles. The lowest BCUT2D eigenvalue weighted by atomic mass is 9.91. The maximum absolute atomic E-state index is 12.0. The topological polar surface area (TPSA) is 46.5 Å². The van der Waals surface area contributed by atoms with Crippen LogP contribution in [0.4, 0.5) is 0 Å². The summed E-state index contributed by atoms with van der Waals surface area (Å²) in [6.45, 7) is 5.95. The number of phenols is 1.